The van der Waals surface area contributed by atoms with E-state index in [9.17, 15) is 18.4 Å². The summed E-state index contributed by atoms with van der Waals surface area (Å²) in [5, 5.41) is 8.81. The molecule has 1 saturated heterocycles. The molecule has 1 heterocycles. The Morgan fingerprint density at radius 1 is 1.35 bits per heavy atom. The van der Waals surface area contributed by atoms with Gasteiger partial charge in [-0.3, -0.25) is 14.5 Å². The Hall–Kier alpha value is -2.06. The van der Waals surface area contributed by atoms with Crippen LogP contribution in [0.3, 0.4) is 0 Å². The van der Waals surface area contributed by atoms with Gasteiger partial charge in [-0.2, -0.15) is 0 Å². The summed E-state index contributed by atoms with van der Waals surface area (Å²) in [6.45, 7) is 1.63. The van der Waals surface area contributed by atoms with Crippen molar-refractivity contribution in [2.24, 2.45) is 5.92 Å². The maximum Gasteiger partial charge on any atom is 0.317 e. The predicted octanol–water partition coefficient (Wildman–Crippen LogP) is 1.31. The lowest BCUT2D eigenvalue weighted by atomic mass is 10.1. The van der Waals surface area contributed by atoms with Crippen LogP contribution in [-0.4, -0.2) is 72.7 Å². The quantitative estimate of drug-likeness (QED) is 0.820. The number of nitrogens with zero attached hydrogens (tertiary/aromatic N) is 2. The van der Waals surface area contributed by atoms with Gasteiger partial charge in [-0.05, 0) is 37.1 Å². The number of rotatable bonds is 6. The summed E-state index contributed by atoms with van der Waals surface area (Å²) in [6.07, 6.45) is 0.391. The van der Waals surface area contributed by atoms with Gasteiger partial charge in [0.15, 0.2) is 11.6 Å². The van der Waals surface area contributed by atoms with Crippen LogP contribution in [0.15, 0.2) is 18.2 Å². The highest BCUT2D eigenvalue weighted by molar-refractivity contribution is 5.83. The fourth-order valence-corrected chi connectivity index (χ4v) is 3.49. The molecule has 2 aliphatic rings. The van der Waals surface area contributed by atoms with E-state index >= 15 is 0 Å². The molecule has 6 nitrogen and oxygen atoms in total. The number of carboxylic acids is 1. The Morgan fingerprint density at radius 3 is 2.81 bits per heavy atom. The standard InChI is InChI=1S/C18H22F2N2O4/c1-21(10-17(23)24)8-12-9-22(4-5-26-12)18(25)14-7-13(14)11-2-3-15(19)16(20)6-11/h2-3,6,12-14H,4-5,7-10H2,1H3,(H,23,24). The third kappa shape index (κ3) is 4.37. The van der Waals surface area contributed by atoms with Crippen LogP contribution in [0.2, 0.25) is 0 Å². The molecule has 3 atom stereocenters. The van der Waals surface area contributed by atoms with Crippen molar-refractivity contribution >= 4 is 11.9 Å². The van der Waals surface area contributed by atoms with E-state index in [2.05, 4.69) is 0 Å². The van der Waals surface area contributed by atoms with Gasteiger partial charge in [0, 0.05) is 25.6 Å². The Balaban J connectivity index is 1.55. The molecule has 142 valence electrons. The normalized spacial score (nSPS) is 25.4. The number of hydrogen-bond donors (Lipinski definition) is 1. The van der Waals surface area contributed by atoms with Crippen molar-refractivity contribution < 1.29 is 28.2 Å². The van der Waals surface area contributed by atoms with E-state index in [0.29, 0.717) is 38.2 Å². The molecule has 2 fully saturated rings. The summed E-state index contributed by atoms with van der Waals surface area (Å²) in [7, 11) is 1.69. The number of carboxylic acid groups (broad SMARTS) is 1. The lowest BCUT2D eigenvalue weighted by molar-refractivity contribution is -0.143. The van der Waals surface area contributed by atoms with Crippen LogP contribution in [0.4, 0.5) is 8.78 Å². The minimum Gasteiger partial charge on any atom is -0.480 e. The summed E-state index contributed by atoms with van der Waals surface area (Å²) < 4.78 is 32.1. The average Bonchev–Trinajstić information content (AvgIpc) is 3.36. The molecule has 1 saturated carbocycles. The highest BCUT2D eigenvalue weighted by Crippen LogP contribution is 2.48. The maximum atomic E-state index is 13.4. The number of aliphatic carboxylic acids is 1. The van der Waals surface area contributed by atoms with Crippen molar-refractivity contribution in [1.82, 2.24) is 9.80 Å². The van der Waals surface area contributed by atoms with Crippen molar-refractivity contribution in [3.63, 3.8) is 0 Å². The average molecular weight is 368 g/mol. The second-order valence-electron chi connectivity index (χ2n) is 6.99. The first-order valence-electron chi connectivity index (χ1n) is 8.61. The van der Waals surface area contributed by atoms with Crippen molar-refractivity contribution in [3.8, 4) is 0 Å². The van der Waals surface area contributed by atoms with Crippen LogP contribution >= 0.6 is 0 Å². The lowest BCUT2D eigenvalue weighted by Crippen LogP contribution is -2.50. The number of benzene rings is 1. The first-order valence-corrected chi connectivity index (χ1v) is 8.61. The molecule has 0 bridgehead atoms. The van der Waals surface area contributed by atoms with Gasteiger partial charge in [-0.15, -0.1) is 0 Å². The summed E-state index contributed by atoms with van der Waals surface area (Å²) in [5.74, 6) is -2.99. The first-order chi connectivity index (χ1) is 12.3. The SMILES string of the molecule is CN(CC(=O)O)CC1CN(C(=O)C2CC2c2ccc(F)c(F)c2)CCO1. The molecule has 1 aromatic carbocycles. The molecule has 0 spiro atoms. The molecule has 3 unspecified atom stereocenters. The Bertz CT molecular complexity index is 700. The van der Waals surface area contributed by atoms with Crippen LogP contribution in [-0.2, 0) is 14.3 Å². The van der Waals surface area contributed by atoms with E-state index in [1.807, 2.05) is 0 Å². The topological polar surface area (TPSA) is 70.1 Å². The Labute approximate surface area is 150 Å². The summed E-state index contributed by atoms with van der Waals surface area (Å²) >= 11 is 0. The van der Waals surface area contributed by atoms with Gasteiger partial charge < -0.3 is 14.7 Å². The molecule has 1 aliphatic heterocycles. The molecular formula is C18H22F2N2O4. The lowest BCUT2D eigenvalue weighted by Gasteiger charge is -2.34. The molecule has 26 heavy (non-hydrogen) atoms. The van der Waals surface area contributed by atoms with Gasteiger partial charge in [-0.25, -0.2) is 8.78 Å². The molecule has 1 amide bonds. The van der Waals surface area contributed by atoms with E-state index in [1.165, 1.54) is 6.07 Å². The number of carbonyl (C=O) groups is 2. The van der Waals surface area contributed by atoms with E-state index in [0.717, 1.165) is 12.1 Å². The zero-order valence-electron chi connectivity index (χ0n) is 14.5. The fraction of sp³-hybridized carbons (Fsp3) is 0.556. The zero-order valence-corrected chi connectivity index (χ0v) is 14.5. The van der Waals surface area contributed by atoms with Crippen molar-refractivity contribution in [2.45, 2.75) is 18.4 Å². The number of ether oxygens (including phenoxy) is 1. The third-order valence-electron chi connectivity index (χ3n) is 4.85. The van der Waals surface area contributed by atoms with Gasteiger partial charge in [0.2, 0.25) is 5.91 Å². The van der Waals surface area contributed by atoms with Crippen LogP contribution in [0, 0.1) is 17.6 Å². The highest BCUT2D eigenvalue weighted by Gasteiger charge is 2.46. The van der Waals surface area contributed by atoms with Gasteiger partial charge in [-0.1, -0.05) is 6.07 Å². The van der Waals surface area contributed by atoms with E-state index in [4.69, 9.17) is 9.84 Å². The number of amides is 1. The second kappa shape index (κ2) is 7.67. The molecule has 8 heteroatoms. The number of morpholine rings is 1. The Morgan fingerprint density at radius 2 is 2.12 bits per heavy atom. The molecule has 1 aliphatic carbocycles. The minimum absolute atomic E-state index is 0.00563. The molecule has 0 aromatic heterocycles. The Kier molecular flexibility index (Phi) is 5.52. The predicted molar refractivity (Wildman–Crippen MR) is 88.7 cm³/mol. The van der Waals surface area contributed by atoms with Gasteiger partial charge in [0.25, 0.3) is 0 Å². The van der Waals surface area contributed by atoms with Crippen LogP contribution < -0.4 is 0 Å². The van der Waals surface area contributed by atoms with Crippen molar-refractivity contribution in [3.05, 3.63) is 35.4 Å². The summed E-state index contributed by atoms with van der Waals surface area (Å²) in [5.41, 5.74) is 0.647. The van der Waals surface area contributed by atoms with Gasteiger partial charge >= 0.3 is 5.97 Å². The van der Waals surface area contributed by atoms with Crippen LogP contribution in [0.25, 0.3) is 0 Å². The second-order valence-corrected chi connectivity index (χ2v) is 6.99. The van der Waals surface area contributed by atoms with Crippen LogP contribution in [0.5, 0.6) is 0 Å². The van der Waals surface area contributed by atoms with Gasteiger partial charge in [0.05, 0.1) is 19.3 Å². The van der Waals surface area contributed by atoms with Gasteiger partial charge in [0.1, 0.15) is 0 Å². The van der Waals surface area contributed by atoms with Crippen molar-refractivity contribution in [2.75, 3.05) is 39.8 Å². The largest absolute Gasteiger partial charge is 0.480 e. The third-order valence-corrected chi connectivity index (χ3v) is 4.85. The first kappa shape index (κ1) is 18.7. The van der Waals surface area contributed by atoms with E-state index in [-0.39, 0.29) is 30.4 Å². The van der Waals surface area contributed by atoms with E-state index < -0.39 is 17.6 Å². The molecule has 1 N–H and O–H groups in total. The summed E-state index contributed by atoms with van der Waals surface area (Å²) in [6, 6.07) is 3.78. The van der Waals surface area contributed by atoms with Crippen molar-refractivity contribution in [1.29, 1.82) is 0 Å². The molecule has 1 aromatic rings. The highest BCUT2D eigenvalue weighted by atomic mass is 19.2. The van der Waals surface area contributed by atoms with E-state index in [1.54, 1.807) is 16.8 Å². The zero-order chi connectivity index (χ0) is 18.8. The molecule has 3 rings (SSSR count). The number of carbonyl (C=O) groups excluding carboxylic acids is 1. The van der Waals surface area contributed by atoms with Crippen LogP contribution in [0.1, 0.15) is 17.9 Å². The monoisotopic (exact) mass is 368 g/mol. The number of likely N-dealkylation sites (N-methyl/N-ethyl adjacent to an activating group) is 1. The number of hydrogen-bond acceptors (Lipinski definition) is 4. The maximum absolute atomic E-state index is 13.4. The molecular weight excluding hydrogens is 346 g/mol. The minimum atomic E-state index is -0.913. The molecule has 0 radical (unpaired) electrons. The fourth-order valence-electron chi connectivity index (χ4n) is 3.49. The smallest absolute Gasteiger partial charge is 0.317 e. The summed E-state index contributed by atoms with van der Waals surface area (Å²) in [4.78, 5) is 26.8. The number of halogens is 2.